The highest BCUT2D eigenvalue weighted by molar-refractivity contribution is 14.1. The van der Waals surface area contributed by atoms with Crippen LogP contribution in [0.4, 0.5) is 0 Å². The van der Waals surface area contributed by atoms with Gasteiger partial charge in [-0.05, 0) is 40.3 Å². The molecule has 1 heterocycles. The molecular weight excluding hydrogens is 301 g/mol. The molecule has 0 amide bonds. The van der Waals surface area contributed by atoms with E-state index in [1.165, 1.54) is 3.57 Å². The molecule has 78 valence electrons. The summed E-state index contributed by atoms with van der Waals surface area (Å²) in [6.45, 7) is 0. The smallest absolute Gasteiger partial charge is 0.0582 e. The van der Waals surface area contributed by atoms with E-state index >= 15 is 0 Å². The van der Waals surface area contributed by atoms with Gasteiger partial charge in [-0.1, -0.05) is 12.1 Å². The third-order valence-electron chi connectivity index (χ3n) is 2.31. The van der Waals surface area contributed by atoms with Crippen LogP contribution in [-0.2, 0) is 7.05 Å². The van der Waals surface area contributed by atoms with Crippen molar-refractivity contribution in [3.8, 4) is 0 Å². The third kappa shape index (κ3) is 2.38. The Morgan fingerprint density at radius 1 is 1.27 bits per heavy atom. The molecule has 2 rings (SSSR count). The van der Waals surface area contributed by atoms with E-state index < -0.39 is 0 Å². The number of hydrogen-bond donors (Lipinski definition) is 1. The minimum absolute atomic E-state index is 0.0873. The lowest BCUT2D eigenvalue weighted by atomic mass is 10.0. The predicted octanol–water partition coefficient (Wildman–Crippen LogP) is 2.07. The first-order chi connectivity index (χ1) is 7.16. The summed E-state index contributed by atoms with van der Waals surface area (Å²) in [5, 5.41) is 4.12. The lowest BCUT2D eigenvalue weighted by molar-refractivity contribution is 0.765. The fraction of sp³-hybridized carbons (Fsp3) is 0.182. The van der Waals surface area contributed by atoms with Crippen molar-refractivity contribution in [3.63, 3.8) is 0 Å². The molecule has 2 N–H and O–H groups in total. The van der Waals surface area contributed by atoms with Gasteiger partial charge in [0.25, 0.3) is 0 Å². The Kier molecular flexibility index (Phi) is 3.06. The van der Waals surface area contributed by atoms with E-state index in [1.807, 2.05) is 19.4 Å². The molecule has 0 saturated carbocycles. The minimum Gasteiger partial charge on any atom is -0.320 e. The minimum atomic E-state index is -0.0873. The van der Waals surface area contributed by atoms with E-state index in [1.54, 1.807) is 4.68 Å². The average molecular weight is 313 g/mol. The van der Waals surface area contributed by atoms with E-state index in [-0.39, 0.29) is 6.04 Å². The van der Waals surface area contributed by atoms with Crippen LogP contribution in [-0.4, -0.2) is 9.78 Å². The van der Waals surface area contributed by atoms with E-state index in [0.717, 1.165) is 11.1 Å². The standard InChI is InChI=1S/C11H12IN3/c1-15-7-9(6-14-15)11(13)8-2-4-10(12)5-3-8/h2-7,11H,13H2,1H3. The second kappa shape index (κ2) is 4.32. The maximum atomic E-state index is 6.12. The Balaban J connectivity index is 2.28. The van der Waals surface area contributed by atoms with Gasteiger partial charge in [-0.2, -0.15) is 5.10 Å². The first-order valence-corrected chi connectivity index (χ1v) is 5.74. The van der Waals surface area contributed by atoms with Crippen LogP contribution in [0.15, 0.2) is 36.7 Å². The SMILES string of the molecule is Cn1cc(C(N)c2ccc(I)cc2)cn1. The predicted molar refractivity (Wildman–Crippen MR) is 68.4 cm³/mol. The summed E-state index contributed by atoms with van der Waals surface area (Å²) in [5.41, 5.74) is 8.28. The molecule has 1 aromatic heterocycles. The maximum Gasteiger partial charge on any atom is 0.0582 e. The molecule has 0 aliphatic carbocycles. The highest BCUT2D eigenvalue weighted by Crippen LogP contribution is 2.19. The van der Waals surface area contributed by atoms with Gasteiger partial charge in [0, 0.05) is 22.4 Å². The van der Waals surface area contributed by atoms with Crippen LogP contribution in [0.25, 0.3) is 0 Å². The Bertz CT molecular complexity index is 447. The third-order valence-corrected chi connectivity index (χ3v) is 3.03. The molecule has 1 atom stereocenters. The first-order valence-electron chi connectivity index (χ1n) is 4.66. The molecule has 0 spiro atoms. The van der Waals surface area contributed by atoms with Crippen molar-refractivity contribution in [1.29, 1.82) is 0 Å². The fourth-order valence-electron chi connectivity index (χ4n) is 1.46. The lowest BCUT2D eigenvalue weighted by Crippen LogP contribution is -2.10. The molecule has 1 aromatic carbocycles. The van der Waals surface area contributed by atoms with E-state index in [2.05, 4.69) is 52.0 Å². The summed E-state index contributed by atoms with van der Waals surface area (Å²) in [4.78, 5) is 0. The number of hydrogen-bond acceptors (Lipinski definition) is 2. The second-order valence-electron chi connectivity index (χ2n) is 3.48. The van der Waals surface area contributed by atoms with Crippen molar-refractivity contribution in [3.05, 3.63) is 51.4 Å². The van der Waals surface area contributed by atoms with Gasteiger partial charge >= 0.3 is 0 Å². The molecule has 0 aliphatic rings. The normalized spacial score (nSPS) is 12.7. The number of nitrogens with zero attached hydrogens (tertiary/aromatic N) is 2. The van der Waals surface area contributed by atoms with Gasteiger partial charge in [0.15, 0.2) is 0 Å². The van der Waals surface area contributed by atoms with Gasteiger partial charge in [0.1, 0.15) is 0 Å². The molecule has 1 unspecified atom stereocenters. The van der Waals surface area contributed by atoms with Crippen LogP contribution < -0.4 is 5.73 Å². The first kappa shape index (κ1) is 10.6. The molecule has 0 aliphatic heterocycles. The van der Waals surface area contributed by atoms with Crippen molar-refractivity contribution < 1.29 is 0 Å². The summed E-state index contributed by atoms with van der Waals surface area (Å²) >= 11 is 2.28. The monoisotopic (exact) mass is 313 g/mol. The van der Waals surface area contributed by atoms with Crippen LogP contribution in [0, 0.1) is 3.57 Å². The molecule has 0 bridgehead atoms. The number of aryl methyl sites for hydroxylation is 1. The fourth-order valence-corrected chi connectivity index (χ4v) is 1.82. The Morgan fingerprint density at radius 2 is 1.93 bits per heavy atom. The zero-order valence-electron chi connectivity index (χ0n) is 8.39. The number of halogens is 1. The van der Waals surface area contributed by atoms with Crippen molar-refractivity contribution in [1.82, 2.24) is 9.78 Å². The molecule has 4 heteroatoms. The van der Waals surface area contributed by atoms with Crippen LogP contribution in [0.3, 0.4) is 0 Å². The van der Waals surface area contributed by atoms with Crippen LogP contribution in [0.5, 0.6) is 0 Å². The zero-order chi connectivity index (χ0) is 10.8. The lowest BCUT2D eigenvalue weighted by Gasteiger charge is -2.09. The molecule has 2 aromatic rings. The summed E-state index contributed by atoms with van der Waals surface area (Å²) in [6.07, 6.45) is 3.76. The van der Waals surface area contributed by atoms with Gasteiger partial charge in [-0.25, -0.2) is 0 Å². The van der Waals surface area contributed by atoms with Gasteiger partial charge < -0.3 is 5.73 Å². The van der Waals surface area contributed by atoms with Crippen molar-refractivity contribution in [2.75, 3.05) is 0 Å². The summed E-state index contributed by atoms with van der Waals surface area (Å²) in [6, 6.07) is 8.15. The number of aromatic nitrogens is 2. The van der Waals surface area contributed by atoms with Crippen LogP contribution >= 0.6 is 22.6 Å². The van der Waals surface area contributed by atoms with Crippen LogP contribution in [0.1, 0.15) is 17.2 Å². The van der Waals surface area contributed by atoms with E-state index in [4.69, 9.17) is 5.73 Å². The Morgan fingerprint density at radius 3 is 2.47 bits per heavy atom. The van der Waals surface area contributed by atoms with Gasteiger partial charge in [-0.3, -0.25) is 4.68 Å². The maximum absolute atomic E-state index is 6.12. The summed E-state index contributed by atoms with van der Waals surface area (Å²) in [5.74, 6) is 0. The zero-order valence-corrected chi connectivity index (χ0v) is 10.5. The number of nitrogens with two attached hydrogens (primary N) is 1. The largest absolute Gasteiger partial charge is 0.320 e. The average Bonchev–Trinajstić information content (AvgIpc) is 2.65. The Hall–Kier alpha value is -0.880. The molecule has 0 radical (unpaired) electrons. The molecule has 15 heavy (non-hydrogen) atoms. The quantitative estimate of drug-likeness (QED) is 0.863. The number of benzene rings is 1. The second-order valence-corrected chi connectivity index (χ2v) is 4.72. The highest BCUT2D eigenvalue weighted by Gasteiger charge is 2.09. The summed E-state index contributed by atoms with van der Waals surface area (Å²) < 4.78 is 2.98. The van der Waals surface area contributed by atoms with Crippen LogP contribution in [0.2, 0.25) is 0 Å². The van der Waals surface area contributed by atoms with E-state index in [0.29, 0.717) is 0 Å². The topological polar surface area (TPSA) is 43.8 Å². The van der Waals surface area contributed by atoms with Gasteiger partial charge in [0.2, 0.25) is 0 Å². The molecule has 0 saturated heterocycles. The van der Waals surface area contributed by atoms with E-state index in [9.17, 15) is 0 Å². The highest BCUT2D eigenvalue weighted by atomic mass is 127. The van der Waals surface area contributed by atoms with Crippen molar-refractivity contribution in [2.24, 2.45) is 12.8 Å². The molecule has 3 nitrogen and oxygen atoms in total. The van der Waals surface area contributed by atoms with Gasteiger partial charge in [0.05, 0.1) is 12.2 Å². The summed E-state index contributed by atoms with van der Waals surface area (Å²) in [7, 11) is 1.89. The molecule has 0 fully saturated rings. The Labute approximate surface area is 102 Å². The number of rotatable bonds is 2. The van der Waals surface area contributed by atoms with Crippen molar-refractivity contribution in [2.45, 2.75) is 6.04 Å². The molecular formula is C11H12IN3. The van der Waals surface area contributed by atoms with Crippen molar-refractivity contribution >= 4 is 22.6 Å². The van der Waals surface area contributed by atoms with Gasteiger partial charge in [-0.15, -0.1) is 0 Å².